The highest BCUT2D eigenvalue weighted by molar-refractivity contribution is 6.36. The van der Waals surface area contributed by atoms with Crippen LogP contribution >= 0.6 is 11.6 Å². The van der Waals surface area contributed by atoms with Gasteiger partial charge in [0, 0.05) is 65.8 Å². The molecule has 2 aliphatic rings. The zero-order valence-electron chi connectivity index (χ0n) is 26.5. The van der Waals surface area contributed by atoms with Gasteiger partial charge in [-0.3, -0.25) is 4.79 Å². The Bertz CT molecular complexity index is 2020. The summed E-state index contributed by atoms with van der Waals surface area (Å²) in [6, 6.07) is 16.8. The van der Waals surface area contributed by atoms with E-state index in [4.69, 9.17) is 26.1 Å². The van der Waals surface area contributed by atoms with Crippen molar-refractivity contribution in [1.29, 1.82) is 0 Å². The summed E-state index contributed by atoms with van der Waals surface area (Å²) in [6.45, 7) is 5.55. The zero-order valence-corrected chi connectivity index (χ0v) is 27.2. The van der Waals surface area contributed by atoms with E-state index in [0.717, 1.165) is 89.2 Å². The number of anilines is 2. The van der Waals surface area contributed by atoms with Crippen LogP contribution in [0, 0.1) is 13.8 Å². The molecule has 1 aliphatic carbocycles. The van der Waals surface area contributed by atoms with Crippen LogP contribution in [0.15, 0.2) is 59.5 Å². The number of hydrogen-bond donors (Lipinski definition) is 2. The molecule has 9 nitrogen and oxygen atoms in total. The van der Waals surface area contributed by atoms with Gasteiger partial charge in [0.1, 0.15) is 5.82 Å². The first-order valence-corrected chi connectivity index (χ1v) is 16.1. The number of halogens is 1. The van der Waals surface area contributed by atoms with Gasteiger partial charge in [-0.05, 0) is 74.4 Å². The van der Waals surface area contributed by atoms with Crippen LogP contribution in [0.1, 0.15) is 47.7 Å². The maximum atomic E-state index is 13.0. The largest absolute Gasteiger partial charge is 0.481 e. The quantitative estimate of drug-likeness (QED) is 0.200. The number of aryl methyl sites for hydroxylation is 3. The third-order valence-electron chi connectivity index (χ3n) is 9.22. The lowest BCUT2D eigenvalue weighted by Gasteiger charge is -2.27. The molecule has 2 N–H and O–H groups in total. The Morgan fingerprint density at radius 1 is 1.00 bits per heavy atom. The molecule has 1 saturated heterocycles. The fraction of sp³-hybridized carbons (Fsp3) is 0.333. The summed E-state index contributed by atoms with van der Waals surface area (Å²) in [4.78, 5) is 22.7. The summed E-state index contributed by atoms with van der Waals surface area (Å²) < 4.78 is 12.8. The third kappa shape index (κ3) is 5.53. The van der Waals surface area contributed by atoms with Crippen molar-refractivity contribution < 1.29 is 9.47 Å². The molecule has 5 aromatic rings. The summed E-state index contributed by atoms with van der Waals surface area (Å²) in [7, 11) is 3.33. The van der Waals surface area contributed by atoms with Crippen molar-refractivity contribution in [3.8, 4) is 28.3 Å². The predicted octanol–water partition coefficient (Wildman–Crippen LogP) is 6.84. The van der Waals surface area contributed by atoms with E-state index < -0.39 is 0 Å². The number of rotatable bonds is 7. The van der Waals surface area contributed by atoms with Gasteiger partial charge in [-0.15, -0.1) is 0 Å². The van der Waals surface area contributed by atoms with E-state index in [9.17, 15) is 4.79 Å². The summed E-state index contributed by atoms with van der Waals surface area (Å²) in [5.41, 5.74) is 8.29. The zero-order chi connectivity index (χ0) is 31.9. The Morgan fingerprint density at radius 3 is 2.57 bits per heavy atom. The molecule has 1 atom stereocenters. The van der Waals surface area contributed by atoms with E-state index in [-0.39, 0.29) is 11.6 Å². The third-order valence-corrected chi connectivity index (χ3v) is 9.63. The van der Waals surface area contributed by atoms with Gasteiger partial charge in [0.05, 0.1) is 29.4 Å². The molecule has 4 heterocycles. The van der Waals surface area contributed by atoms with Crippen molar-refractivity contribution in [2.75, 3.05) is 25.6 Å². The number of aromatic nitrogens is 4. The molecular weight excluding hydrogens is 600 g/mol. The fourth-order valence-electron chi connectivity index (χ4n) is 6.82. The van der Waals surface area contributed by atoms with Crippen LogP contribution in [0.3, 0.4) is 0 Å². The van der Waals surface area contributed by atoms with Crippen molar-refractivity contribution in [1.82, 2.24) is 25.1 Å². The number of ether oxygens (including phenoxy) is 2. The van der Waals surface area contributed by atoms with Gasteiger partial charge in [-0.2, -0.15) is 5.10 Å². The van der Waals surface area contributed by atoms with Crippen LogP contribution in [0.5, 0.6) is 5.88 Å². The highest BCUT2D eigenvalue weighted by atomic mass is 35.5. The van der Waals surface area contributed by atoms with Crippen molar-refractivity contribution in [2.45, 2.75) is 51.6 Å². The van der Waals surface area contributed by atoms with Gasteiger partial charge in [0.15, 0.2) is 0 Å². The number of nitrogens with zero attached hydrogens (tertiary/aromatic N) is 4. The Balaban J connectivity index is 1.24. The summed E-state index contributed by atoms with van der Waals surface area (Å²) in [5, 5.41) is 13.3. The first-order valence-electron chi connectivity index (χ1n) is 15.7. The van der Waals surface area contributed by atoms with Crippen LogP contribution in [-0.2, 0) is 18.2 Å². The first-order chi connectivity index (χ1) is 22.3. The van der Waals surface area contributed by atoms with Crippen LogP contribution in [0.2, 0.25) is 5.02 Å². The van der Waals surface area contributed by atoms with Gasteiger partial charge >= 0.3 is 0 Å². The number of nitrogens with one attached hydrogen (secondary N) is 2. The molecule has 0 radical (unpaired) electrons. The van der Waals surface area contributed by atoms with E-state index in [1.54, 1.807) is 20.4 Å². The molecule has 10 heteroatoms. The van der Waals surface area contributed by atoms with Crippen molar-refractivity contribution >= 4 is 33.9 Å². The molecule has 0 bridgehead atoms. The van der Waals surface area contributed by atoms with Crippen molar-refractivity contribution in [3.63, 3.8) is 0 Å². The highest BCUT2D eigenvalue weighted by Gasteiger charge is 2.31. The number of benzene rings is 2. The standard InChI is InChI=1S/C36H37ClN6O3/c1-20-17-23-19-38-43(3)36(44)32(23)34(39-20)41-28-10-6-7-25(21(28)2)26-8-5-9-27(33(26)37)30-18-22-11-12-29(31(22)35(42-30)45-4)40-24-13-15-46-16-14-24/h5-10,17-19,24,29,40H,11-16H2,1-4H3,(H,39,41). The fourth-order valence-corrected chi connectivity index (χ4v) is 7.15. The maximum absolute atomic E-state index is 13.0. The highest BCUT2D eigenvalue weighted by Crippen LogP contribution is 2.43. The van der Waals surface area contributed by atoms with Crippen molar-refractivity contribution in [3.05, 3.63) is 92.5 Å². The molecule has 46 heavy (non-hydrogen) atoms. The Labute approximate surface area is 273 Å². The molecule has 7 rings (SSSR count). The average molecular weight is 637 g/mol. The first kappa shape index (κ1) is 30.3. The number of pyridine rings is 2. The van der Waals surface area contributed by atoms with Crippen molar-refractivity contribution in [2.24, 2.45) is 7.05 Å². The number of methoxy groups -OCH3 is 1. The van der Waals surface area contributed by atoms with E-state index in [1.165, 1.54) is 10.2 Å². The average Bonchev–Trinajstić information content (AvgIpc) is 3.46. The molecule has 2 aromatic carbocycles. The normalized spacial score (nSPS) is 16.5. The molecule has 0 amide bonds. The Morgan fingerprint density at radius 2 is 1.76 bits per heavy atom. The van der Waals surface area contributed by atoms with Crippen LogP contribution in [-0.4, -0.2) is 46.1 Å². The van der Waals surface area contributed by atoms with Crippen LogP contribution < -0.4 is 20.9 Å². The summed E-state index contributed by atoms with van der Waals surface area (Å²) in [6.07, 6.45) is 5.69. The van der Waals surface area contributed by atoms with E-state index >= 15 is 0 Å². The second-order valence-corrected chi connectivity index (χ2v) is 12.5. The van der Waals surface area contributed by atoms with E-state index in [0.29, 0.717) is 28.1 Å². The molecule has 0 spiro atoms. The molecule has 3 aromatic heterocycles. The molecule has 236 valence electrons. The lowest BCUT2D eigenvalue weighted by molar-refractivity contribution is 0.0748. The molecule has 1 unspecified atom stereocenters. The Kier molecular flexibility index (Phi) is 8.23. The van der Waals surface area contributed by atoms with E-state index in [2.05, 4.69) is 32.8 Å². The number of hydrogen-bond acceptors (Lipinski definition) is 8. The minimum absolute atomic E-state index is 0.208. The van der Waals surface area contributed by atoms with Gasteiger partial charge in [-0.25, -0.2) is 14.6 Å². The molecular formula is C36H37ClN6O3. The van der Waals surface area contributed by atoms with Gasteiger partial charge < -0.3 is 20.1 Å². The van der Waals surface area contributed by atoms with Gasteiger partial charge in [-0.1, -0.05) is 41.9 Å². The minimum Gasteiger partial charge on any atom is -0.481 e. The van der Waals surface area contributed by atoms with Crippen LogP contribution in [0.25, 0.3) is 33.2 Å². The summed E-state index contributed by atoms with van der Waals surface area (Å²) >= 11 is 7.21. The van der Waals surface area contributed by atoms with Gasteiger partial charge in [0.2, 0.25) is 5.88 Å². The topological polar surface area (TPSA) is 103 Å². The monoisotopic (exact) mass is 636 g/mol. The molecule has 0 saturated carbocycles. The second kappa shape index (κ2) is 12.5. The lowest BCUT2D eigenvalue weighted by Crippen LogP contribution is -2.36. The molecule has 1 aliphatic heterocycles. The summed E-state index contributed by atoms with van der Waals surface area (Å²) in [5.74, 6) is 1.15. The smallest absolute Gasteiger partial charge is 0.278 e. The van der Waals surface area contributed by atoms with Gasteiger partial charge in [0.25, 0.3) is 5.56 Å². The lowest BCUT2D eigenvalue weighted by atomic mass is 9.96. The maximum Gasteiger partial charge on any atom is 0.278 e. The number of fused-ring (bicyclic) bond motifs is 2. The molecule has 1 fully saturated rings. The van der Waals surface area contributed by atoms with E-state index in [1.807, 2.05) is 50.2 Å². The van der Waals surface area contributed by atoms with Crippen LogP contribution in [0.4, 0.5) is 11.5 Å². The minimum atomic E-state index is -0.208. The predicted molar refractivity (Wildman–Crippen MR) is 182 cm³/mol. The second-order valence-electron chi connectivity index (χ2n) is 12.2. The Hall–Kier alpha value is -4.31. The SMILES string of the molecule is COc1nc(-c2cccc(-c3cccc(Nc4nc(C)cc5cnn(C)c(=O)c45)c3C)c2Cl)cc2c1C(NC1CCOCC1)CC2.